The lowest BCUT2D eigenvalue weighted by Crippen LogP contribution is -2.34. The van der Waals surface area contributed by atoms with Crippen molar-refractivity contribution in [1.29, 1.82) is 0 Å². The Labute approximate surface area is 186 Å². The second kappa shape index (κ2) is 10.9. The zero-order chi connectivity index (χ0) is 22.1. The molecule has 6 nitrogen and oxygen atoms in total. The molecule has 0 atom stereocenters. The molecular formula is C24H23N3O3S. The molecule has 0 heterocycles. The van der Waals surface area contributed by atoms with E-state index >= 15 is 0 Å². The minimum atomic E-state index is -0.330. The molecule has 3 aromatic carbocycles. The Morgan fingerprint density at radius 3 is 2.23 bits per heavy atom. The van der Waals surface area contributed by atoms with Crippen LogP contribution in [0.2, 0.25) is 0 Å². The molecule has 158 valence electrons. The first kappa shape index (κ1) is 22.0. The summed E-state index contributed by atoms with van der Waals surface area (Å²) in [4.78, 5) is 24.5. The standard InChI is InChI=1S/C24H23N3O3S/c1-2-30-21-10-6-9-18(16-21)23(29)27-24(31)26-20-13-11-19(12-14-20)25-22(28)15-17-7-4-3-5-8-17/h3-14,16H,2,15H2,1H3,(H,25,28)(H2,26,27,29,31). The Bertz CT molecular complexity index is 1050. The van der Waals surface area contributed by atoms with Crippen molar-refractivity contribution in [2.24, 2.45) is 0 Å². The molecule has 0 saturated carbocycles. The van der Waals surface area contributed by atoms with Crippen molar-refractivity contribution in [3.63, 3.8) is 0 Å². The maximum atomic E-state index is 12.4. The average molecular weight is 434 g/mol. The lowest BCUT2D eigenvalue weighted by Gasteiger charge is -2.11. The molecule has 0 radical (unpaired) electrons. The highest BCUT2D eigenvalue weighted by Crippen LogP contribution is 2.15. The monoisotopic (exact) mass is 433 g/mol. The average Bonchev–Trinajstić information content (AvgIpc) is 2.76. The summed E-state index contributed by atoms with van der Waals surface area (Å²) in [6, 6.07) is 23.5. The molecular weight excluding hydrogens is 410 g/mol. The van der Waals surface area contributed by atoms with E-state index in [1.54, 1.807) is 48.5 Å². The van der Waals surface area contributed by atoms with Crippen LogP contribution < -0.4 is 20.7 Å². The number of rotatable bonds is 7. The summed E-state index contributed by atoms with van der Waals surface area (Å²) >= 11 is 5.23. The van der Waals surface area contributed by atoms with Gasteiger partial charge in [-0.3, -0.25) is 14.9 Å². The summed E-state index contributed by atoms with van der Waals surface area (Å²) in [5.74, 6) is 0.201. The molecule has 0 fully saturated rings. The minimum Gasteiger partial charge on any atom is -0.494 e. The van der Waals surface area contributed by atoms with Gasteiger partial charge in [0, 0.05) is 16.9 Å². The zero-order valence-corrected chi connectivity index (χ0v) is 17.9. The van der Waals surface area contributed by atoms with Crippen LogP contribution in [0.3, 0.4) is 0 Å². The number of hydrogen-bond donors (Lipinski definition) is 3. The molecule has 0 spiro atoms. The number of nitrogens with one attached hydrogen (secondary N) is 3. The normalized spacial score (nSPS) is 10.1. The van der Waals surface area contributed by atoms with E-state index in [1.165, 1.54) is 0 Å². The minimum absolute atomic E-state index is 0.0935. The molecule has 0 aliphatic rings. The second-order valence-electron chi connectivity index (χ2n) is 6.66. The Kier molecular flexibility index (Phi) is 7.73. The van der Waals surface area contributed by atoms with Crippen molar-refractivity contribution in [3.8, 4) is 5.75 Å². The topological polar surface area (TPSA) is 79.5 Å². The molecule has 3 rings (SSSR count). The van der Waals surface area contributed by atoms with Crippen LogP contribution in [0, 0.1) is 0 Å². The number of benzene rings is 3. The van der Waals surface area contributed by atoms with Gasteiger partial charge in [0.25, 0.3) is 5.91 Å². The quantitative estimate of drug-likeness (QED) is 0.482. The Balaban J connectivity index is 1.51. The highest BCUT2D eigenvalue weighted by Gasteiger charge is 2.09. The van der Waals surface area contributed by atoms with Crippen molar-refractivity contribution in [2.75, 3.05) is 17.2 Å². The number of carbonyl (C=O) groups excluding carboxylic acids is 2. The van der Waals surface area contributed by atoms with E-state index in [0.717, 1.165) is 5.56 Å². The maximum Gasteiger partial charge on any atom is 0.257 e. The van der Waals surface area contributed by atoms with Crippen molar-refractivity contribution in [3.05, 3.63) is 90.0 Å². The van der Waals surface area contributed by atoms with Crippen LogP contribution in [0.25, 0.3) is 0 Å². The Morgan fingerprint density at radius 1 is 0.871 bits per heavy atom. The first-order chi connectivity index (χ1) is 15.0. The van der Waals surface area contributed by atoms with Gasteiger partial charge in [-0.05, 0) is 67.2 Å². The van der Waals surface area contributed by atoms with Crippen molar-refractivity contribution < 1.29 is 14.3 Å². The van der Waals surface area contributed by atoms with Crippen LogP contribution in [0.15, 0.2) is 78.9 Å². The van der Waals surface area contributed by atoms with E-state index in [1.807, 2.05) is 37.3 Å². The predicted octanol–water partition coefficient (Wildman–Crippen LogP) is 4.39. The SMILES string of the molecule is CCOc1cccc(C(=O)NC(=S)Nc2ccc(NC(=O)Cc3ccccc3)cc2)c1. The third-order valence-electron chi connectivity index (χ3n) is 4.27. The fraction of sp³-hybridized carbons (Fsp3) is 0.125. The Morgan fingerprint density at radius 2 is 1.55 bits per heavy atom. The summed E-state index contributed by atoms with van der Waals surface area (Å²) in [6.45, 7) is 2.40. The van der Waals surface area contributed by atoms with Gasteiger partial charge in [-0.1, -0.05) is 36.4 Å². The largest absolute Gasteiger partial charge is 0.494 e. The highest BCUT2D eigenvalue weighted by atomic mass is 32.1. The number of ether oxygens (including phenoxy) is 1. The number of hydrogen-bond acceptors (Lipinski definition) is 4. The molecule has 0 unspecified atom stereocenters. The van der Waals surface area contributed by atoms with E-state index in [2.05, 4.69) is 16.0 Å². The van der Waals surface area contributed by atoms with Gasteiger partial charge in [0.2, 0.25) is 5.91 Å². The van der Waals surface area contributed by atoms with Gasteiger partial charge in [0.15, 0.2) is 5.11 Å². The molecule has 0 aromatic heterocycles. The summed E-state index contributed by atoms with van der Waals surface area (Å²) in [5, 5.41) is 8.64. The predicted molar refractivity (Wildman–Crippen MR) is 127 cm³/mol. The van der Waals surface area contributed by atoms with Gasteiger partial charge in [-0.25, -0.2) is 0 Å². The van der Waals surface area contributed by atoms with Gasteiger partial charge >= 0.3 is 0 Å². The molecule has 0 saturated heterocycles. The third-order valence-corrected chi connectivity index (χ3v) is 4.47. The van der Waals surface area contributed by atoms with E-state index in [4.69, 9.17) is 17.0 Å². The van der Waals surface area contributed by atoms with E-state index in [-0.39, 0.29) is 16.9 Å². The molecule has 0 aliphatic heterocycles. The van der Waals surface area contributed by atoms with Gasteiger partial charge in [-0.2, -0.15) is 0 Å². The van der Waals surface area contributed by atoms with Crippen LogP contribution in [0.5, 0.6) is 5.75 Å². The van der Waals surface area contributed by atoms with Gasteiger partial charge < -0.3 is 15.4 Å². The number of anilines is 2. The number of carbonyl (C=O) groups is 2. The fourth-order valence-electron chi connectivity index (χ4n) is 2.85. The first-order valence-corrected chi connectivity index (χ1v) is 10.2. The van der Waals surface area contributed by atoms with Gasteiger partial charge in [-0.15, -0.1) is 0 Å². The molecule has 3 N–H and O–H groups in total. The van der Waals surface area contributed by atoms with Crippen molar-refractivity contribution in [2.45, 2.75) is 13.3 Å². The smallest absolute Gasteiger partial charge is 0.257 e. The van der Waals surface area contributed by atoms with E-state index in [9.17, 15) is 9.59 Å². The summed E-state index contributed by atoms with van der Waals surface area (Å²) in [5.41, 5.74) is 2.77. The van der Waals surface area contributed by atoms with Gasteiger partial charge in [0.05, 0.1) is 13.0 Å². The van der Waals surface area contributed by atoms with E-state index < -0.39 is 0 Å². The van der Waals surface area contributed by atoms with Crippen LogP contribution in [0.4, 0.5) is 11.4 Å². The summed E-state index contributed by atoms with van der Waals surface area (Å²) in [7, 11) is 0. The van der Waals surface area contributed by atoms with Crippen LogP contribution in [-0.4, -0.2) is 23.5 Å². The first-order valence-electron chi connectivity index (χ1n) is 9.82. The van der Waals surface area contributed by atoms with Crippen LogP contribution in [0.1, 0.15) is 22.8 Å². The van der Waals surface area contributed by atoms with Crippen LogP contribution in [-0.2, 0) is 11.2 Å². The molecule has 2 amide bonds. The van der Waals surface area contributed by atoms with Crippen molar-refractivity contribution in [1.82, 2.24) is 5.32 Å². The molecule has 7 heteroatoms. The molecule has 0 aliphatic carbocycles. The van der Waals surface area contributed by atoms with E-state index in [0.29, 0.717) is 35.7 Å². The van der Waals surface area contributed by atoms with Crippen LogP contribution >= 0.6 is 12.2 Å². The molecule has 3 aromatic rings. The molecule has 31 heavy (non-hydrogen) atoms. The summed E-state index contributed by atoms with van der Waals surface area (Å²) < 4.78 is 5.41. The maximum absolute atomic E-state index is 12.4. The molecule has 0 bridgehead atoms. The fourth-order valence-corrected chi connectivity index (χ4v) is 3.07. The third kappa shape index (κ3) is 6.94. The van der Waals surface area contributed by atoms with Gasteiger partial charge in [0.1, 0.15) is 5.75 Å². The number of amides is 2. The lowest BCUT2D eigenvalue weighted by molar-refractivity contribution is -0.115. The second-order valence-corrected chi connectivity index (χ2v) is 7.07. The summed E-state index contributed by atoms with van der Waals surface area (Å²) in [6.07, 6.45) is 0.307. The number of thiocarbonyl (C=S) groups is 1. The zero-order valence-electron chi connectivity index (χ0n) is 17.1. The lowest BCUT2D eigenvalue weighted by atomic mass is 10.1. The highest BCUT2D eigenvalue weighted by molar-refractivity contribution is 7.80. The van der Waals surface area contributed by atoms with Crippen molar-refractivity contribution >= 4 is 40.5 Å². The Hall–Kier alpha value is -3.71.